The topological polar surface area (TPSA) is 103 Å². The SMILES string of the molecule is CC(=O)N1CCN(c2ccc(-c3oc4c(C(C)Nc5ccccc5C(=O)O)cc(C)cc4c(=O)c3C)cc2)CC1. The highest BCUT2D eigenvalue weighted by Crippen LogP contribution is 2.33. The lowest BCUT2D eigenvalue weighted by Gasteiger charge is -2.35. The van der Waals surface area contributed by atoms with E-state index in [9.17, 15) is 19.5 Å². The number of aromatic carboxylic acids is 1. The Balaban J connectivity index is 1.50. The number of carboxylic acids is 1. The van der Waals surface area contributed by atoms with Gasteiger partial charge in [0, 0.05) is 61.2 Å². The van der Waals surface area contributed by atoms with E-state index in [1.807, 2.05) is 55.1 Å². The van der Waals surface area contributed by atoms with Crippen molar-refractivity contribution in [3.05, 3.63) is 93.1 Å². The predicted octanol–water partition coefficient (Wildman–Crippen LogP) is 5.62. The van der Waals surface area contributed by atoms with Crippen LogP contribution >= 0.6 is 0 Å². The maximum atomic E-state index is 13.6. The summed E-state index contributed by atoms with van der Waals surface area (Å²) in [6.07, 6.45) is 0. The van der Waals surface area contributed by atoms with E-state index in [4.69, 9.17) is 4.42 Å². The van der Waals surface area contributed by atoms with Crippen LogP contribution in [0, 0.1) is 13.8 Å². The van der Waals surface area contributed by atoms with Gasteiger partial charge in [-0.25, -0.2) is 4.79 Å². The number of hydrogen-bond acceptors (Lipinski definition) is 6. The number of carbonyl (C=O) groups excluding carboxylic acids is 1. The molecule has 1 unspecified atom stereocenters. The third-order valence-corrected chi connectivity index (χ3v) is 7.61. The Morgan fingerprint density at radius 1 is 0.975 bits per heavy atom. The molecule has 0 aliphatic carbocycles. The Kier molecular flexibility index (Phi) is 7.34. The highest BCUT2D eigenvalue weighted by molar-refractivity contribution is 5.94. The summed E-state index contributed by atoms with van der Waals surface area (Å²) in [4.78, 5) is 41.0. The van der Waals surface area contributed by atoms with Crippen LogP contribution in [0.5, 0.6) is 0 Å². The molecule has 0 spiro atoms. The minimum Gasteiger partial charge on any atom is -0.478 e. The monoisotopic (exact) mass is 539 g/mol. The van der Waals surface area contributed by atoms with Crippen molar-refractivity contribution in [2.75, 3.05) is 36.4 Å². The average molecular weight is 540 g/mol. The van der Waals surface area contributed by atoms with E-state index in [-0.39, 0.29) is 22.9 Å². The Bertz CT molecular complexity index is 1650. The Morgan fingerprint density at radius 2 is 1.65 bits per heavy atom. The number of hydrogen-bond donors (Lipinski definition) is 2. The van der Waals surface area contributed by atoms with Crippen molar-refractivity contribution < 1.29 is 19.1 Å². The van der Waals surface area contributed by atoms with E-state index in [2.05, 4.69) is 10.2 Å². The first-order chi connectivity index (χ1) is 19.1. The lowest BCUT2D eigenvalue weighted by Crippen LogP contribution is -2.48. The van der Waals surface area contributed by atoms with Gasteiger partial charge in [-0.1, -0.05) is 18.2 Å². The molecular formula is C32H33N3O5. The zero-order valence-electron chi connectivity index (χ0n) is 23.2. The van der Waals surface area contributed by atoms with E-state index in [0.717, 1.165) is 35.5 Å². The first kappa shape index (κ1) is 27.0. The number of benzene rings is 3. The van der Waals surface area contributed by atoms with Gasteiger partial charge in [-0.05, 0) is 68.8 Å². The largest absolute Gasteiger partial charge is 0.478 e. The first-order valence-electron chi connectivity index (χ1n) is 13.4. The van der Waals surface area contributed by atoms with Crippen molar-refractivity contribution in [2.45, 2.75) is 33.7 Å². The van der Waals surface area contributed by atoms with E-state index in [1.54, 1.807) is 38.1 Å². The second kappa shape index (κ2) is 10.9. The van der Waals surface area contributed by atoms with Gasteiger partial charge in [0.15, 0.2) is 5.43 Å². The Hall–Kier alpha value is -4.59. The number of carbonyl (C=O) groups is 2. The molecule has 1 saturated heterocycles. The number of para-hydroxylation sites is 1. The molecule has 1 fully saturated rings. The van der Waals surface area contributed by atoms with Crippen LogP contribution in [0.1, 0.15) is 46.9 Å². The van der Waals surface area contributed by atoms with Gasteiger partial charge in [0.1, 0.15) is 11.3 Å². The van der Waals surface area contributed by atoms with Crippen molar-refractivity contribution >= 4 is 34.2 Å². The van der Waals surface area contributed by atoms with Crippen LogP contribution in [0.4, 0.5) is 11.4 Å². The van der Waals surface area contributed by atoms with Crippen LogP contribution in [0.2, 0.25) is 0 Å². The van der Waals surface area contributed by atoms with Crippen LogP contribution in [-0.4, -0.2) is 48.1 Å². The van der Waals surface area contributed by atoms with Crippen LogP contribution in [-0.2, 0) is 4.79 Å². The molecular weight excluding hydrogens is 506 g/mol. The molecule has 0 bridgehead atoms. The van der Waals surface area contributed by atoms with E-state index >= 15 is 0 Å². The molecule has 2 heterocycles. The van der Waals surface area contributed by atoms with Crippen molar-refractivity contribution in [1.29, 1.82) is 0 Å². The lowest BCUT2D eigenvalue weighted by molar-refractivity contribution is -0.129. The van der Waals surface area contributed by atoms with E-state index in [1.165, 1.54) is 0 Å². The van der Waals surface area contributed by atoms with Gasteiger partial charge < -0.3 is 24.6 Å². The van der Waals surface area contributed by atoms with Gasteiger partial charge in [0.25, 0.3) is 0 Å². The molecule has 8 heteroatoms. The standard InChI is InChI=1S/C32H33N3O5/c1-19-17-26(21(3)33-28-8-6-5-7-25(28)32(38)39)31-27(18-19)29(37)20(2)30(40-31)23-9-11-24(12-10-23)35-15-13-34(14-16-35)22(4)36/h5-12,17-18,21,33H,13-16H2,1-4H3,(H,38,39). The predicted molar refractivity (Wildman–Crippen MR) is 157 cm³/mol. The molecule has 0 radical (unpaired) electrons. The maximum Gasteiger partial charge on any atom is 0.337 e. The van der Waals surface area contributed by atoms with Crippen LogP contribution in [0.25, 0.3) is 22.3 Å². The van der Waals surface area contributed by atoms with Gasteiger partial charge in [-0.2, -0.15) is 0 Å². The van der Waals surface area contributed by atoms with Gasteiger partial charge in [0.2, 0.25) is 5.91 Å². The molecule has 206 valence electrons. The number of anilines is 2. The number of aryl methyl sites for hydroxylation is 1. The number of fused-ring (bicyclic) bond motifs is 1. The summed E-state index contributed by atoms with van der Waals surface area (Å²) in [5.41, 5.74) is 5.12. The second-order valence-corrected chi connectivity index (χ2v) is 10.4. The van der Waals surface area contributed by atoms with E-state index in [0.29, 0.717) is 41.1 Å². The summed E-state index contributed by atoms with van der Waals surface area (Å²) in [6, 6.07) is 18.2. The number of nitrogens with one attached hydrogen (secondary N) is 1. The van der Waals surface area contributed by atoms with Crippen molar-refractivity contribution in [3.8, 4) is 11.3 Å². The number of amides is 1. The van der Waals surface area contributed by atoms with Crippen LogP contribution < -0.4 is 15.6 Å². The quantitative estimate of drug-likeness (QED) is 0.328. The number of rotatable bonds is 6. The summed E-state index contributed by atoms with van der Waals surface area (Å²) < 4.78 is 6.49. The average Bonchev–Trinajstić information content (AvgIpc) is 2.95. The molecule has 8 nitrogen and oxygen atoms in total. The Labute approximate surface area is 232 Å². The summed E-state index contributed by atoms with van der Waals surface area (Å²) in [5.74, 6) is -0.409. The molecule has 3 aromatic carbocycles. The molecule has 1 aromatic heterocycles. The number of piperazine rings is 1. The molecule has 1 amide bonds. The molecule has 4 aromatic rings. The molecule has 0 saturated carbocycles. The minimum absolute atomic E-state index is 0.0937. The lowest BCUT2D eigenvalue weighted by atomic mass is 9.98. The summed E-state index contributed by atoms with van der Waals surface area (Å²) in [6.45, 7) is 10.2. The van der Waals surface area contributed by atoms with Crippen LogP contribution in [0.3, 0.4) is 0 Å². The molecule has 1 aliphatic rings. The Morgan fingerprint density at radius 3 is 2.30 bits per heavy atom. The van der Waals surface area contributed by atoms with Crippen molar-refractivity contribution in [1.82, 2.24) is 4.90 Å². The normalized spacial score (nSPS) is 14.3. The van der Waals surface area contributed by atoms with Gasteiger partial charge >= 0.3 is 5.97 Å². The molecule has 1 aliphatic heterocycles. The fourth-order valence-electron chi connectivity index (χ4n) is 5.37. The van der Waals surface area contributed by atoms with Gasteiger partial charge in [-0.15, -0.1) is 0 Å². The third kappa shape index (κ3) is 5.17. The summed E-state index contributed by atoms with van der Waals surface area (Å²) >= 11 is 0. The third-order valence-electron chi connectivity index (χ3n) is 7.61. The first-order valence-corrected chi connectivity index (χ1v) is 13.4. The minimum atomic E-state index is -1.02. The molecule has 2 N–H and O–H groups in total. The zero-order chi connectivity index (χ0) is 28.6. The smallest absolute Gasteiger partial charge is 0.337 e. The van der Waals surface area contributed by atoms with Gasteiger partial charge in [-0.3, -0.25) is 9.59 Å². The second-order valence-electron chi connectivity index (χ2n) is 10.4. The molecule has 5 rings (SSSR count). The van der Waals surface area contributed by atoms with Crippen molar-refractivity contribution in [3.63, 3.8) is 0 Å². The number of nitrogens with zero attached hydrogens (tertiary/aromatic N) is 2. The fraction of sp³-hybridized carbons (Fsp3) is 0.281. The van der Waals surface area contributed by atoms with E-state index < -0.39 is 5.97 Å². The molecule has 40 heavy (non-hydrogen) atoms. The highest BCUT2D eigenvalue weighted by atomic mass is 16.4. The highest BCUT2D eigenvalue weighted by Gasteiger charge is 2.22. The van der Waals surface area contributed by atoms with Gasteiger partial charge in [0.05, 0.1) is 17.0 Å². The maximum absolute atomic E-state index is 13.6. The summed E-state index contributed by atoms with van der Waals surface area (Å²) in [7, 11) is 0. The number of carboxylic acid groups (broad SMARTS) is 1. The van der Waals surface area contributed by atoms with Crippen molar-refractivity contribution in [2.24, 2.45) is 0 Å². The zero-order valence-corrected chi connectivity index (χ0v) is 23.2. The summed E-state index contributed by atoms with van der Waals surface area (Å²) in [5, 5.41) is 13.4. The molecule has 1 atom stereocenters. The fourth-order valence-corrected chi connectivity index (χ4v) is 5.37. The van der Waals surface area contributed by atoms with Crippen LogP contribution in [0.15, 0.2) is 69.9 Å².